The lowest BCUT2D eigenvalue weighted by atomic mass is 9.94. The predicted octanol–water partition coefficient (Wildman–Crippen LogP) is 2.94. The highest BCUT2D eigenvalue weighted by molar-refractivity contribution is 5.76. The van der Waals surface area contributed by atoms with E-state index in [9.17, 15) is 9.90 Å². The van der Waals surface area contributed by atoms with Crippen molar-refractivity contribution in [2.45, 2.75) is 31.8 Å². The van der Waals surface area contributed by atoms with E-state index < -0.39 is 0 Å². The van der Waals surface area contributed by atoms with Crippen molar-refractivity contribution >= 4 is 5.91 Å². The van der Waals surface area contributed by atoms with Crippen molar-refractivity contribution in [2.75, 3.05) is 13.6 Å². The Hall–Kier alpha value is -2.33. The van der Waals surface area contributed by atoms with Gasteiger partial charge in [0.1, 0.15) is 5.75 Å². The molecule has 1 heterocycles. The van der Waals surface area contributed by atoms with Gasteiger partial charge in [-0.25, -0.2) is 0 Å². The van der Waals surface area contributed by atoms with Gasteiger partial charge in [0, 0.05) is 25.6 Å². The first-order chi connectivity index (χ1) is 11.5. The molecule has 0 aliphatic carbocycles. The highest BCUT2D eigenvalue weighted by atomic mass is 16.3. The Kier molecular flexibility index (Phi) is 6.38. The number of aromatic hydroxyl groups is 1. The zero-order valence-corrected chi connectivity index (χ0v) is 14.3. The molecule has 1 aromatic rings. The summed E-state index contributed by atoms with van der Waals surface area (Å²) in [5.74, 6) is 0.358. The van der Waals surface area contributed by atoms with Crippen molar-refractivity contribution in [2.24, 2.45) is 0 Å². The molecule has 4 nitrogen and oxygen atoms in total. The molecule has 0 aromatic heterocycles. The molecular formula is C20H26N2O2. The van der Waals surface area contributed by atoms with Crippen LogP contribution < -0.4 is 5.32 Å². The van der Waals surface area contributed by atoms with Crippen molar-refractivity contribution in [3.63, 3.8) is 0 Å². The Labute approximate surface area is 144 Å². The fourth-order valence-electron chi connectivity index (χ4n) is 2.98. The van der Waals surface area contributed by atoms with Crippen LogP contribution in [0.5, 0.6) is 5.75 Å². The van der Waals surface area contributed by atoms with E-state index in [1.165, 1.54) is 5.56 Å². The van der Waals surface area contributed by atoms with E-state index in [1.807, 2.05) is 25.3 Å². The first-order valence-electron chi connectivity index (χ1n) is 8.25. The number of likely N-dealkylation sites (N-methyl/N-ethyl adjacent to an activating group) is 1. The van der Waals surface area contributed by atoms with Gasteiger partial charge >= 0.3 is 0 Å². The van der Waals surface area contributed by atoms with Gasteiger partial charge in [-0.05, 0) is 48.7 Å². The molecule has 128 valence electrons. The molecule has 2 rings (SSSR count). The summed E-state index contributed by atoms with van der Waals surface area (Å²) in [5.41, 5.74) is 3.42. The van der Waals surface area contributed by atoms with Crippen molar-refractivity contribution in [1.82, 2.24) is 10.2 Å². The number of hydrogen-bond donors (Lipinski definition) is 2. The lowest BCUT2D eigenvalue weighted by molar-refractivity contribution is -0.121. The molecule has 1 atom stereocenters. The van der Waals surface area contributed by atoms with Crippen molar-refractivity contribution < 1.29 is 9.90 Å². The number of carbonyl (C=O) groups is 1. The van der Waals surface area contributed by atoms with E-state index in [0.29, 0.717) is 25.1 Å². The van der Waals surface area contributed by atoms with Crippen molar-refractivity contribution in [3.05, 3.63) is 66.3 Å². The molecule has 1 unspecified atom stereocenters. The summed E-state index contributed by atoms with van der Waals surface area (Å²) < 4.78 is 0. The molecule has 2 N–H and O–H groups in total. The third kappa shape index (κ3) is 4.83. The fourth-order valence-corrected chi connectivity index (χ4v) is 2.98. The van der Waals surface area contributed by atoms with Crippen molar-refractivity contribution in [1.29, 1.82) is 0 Å². The van der Waals surface area contributed by atoms with Gasteiger partial charge in [-0.3, -0.25) is 9.69 Å². The lowest BCUT2D eigenvalue weighted by Crippen LogP contribution is -2.45. The molecule has 24 heavy (non-hydrogen) atoms. The summed E-state index contributed by atoms with van der Waals surface area (Å²) in [6.45, 7) is 8.82. The molecule has 0 saturated carbocycles. The highest BCUT2D eigenvalue weighted by Gasteiger charge is 2.23. The maximum Gasteiger partial charge on any atom is 0.220 e. The first-order valence-corrected chi connectivity index (χ1v) is 8.25. The van der Waals surface area contributed by atoms with Crippen LogP contribution in [0.2, 0.25) is 0 Å². The largest absolute Gasteiger partial charge is 0.508 e. The molecule has 0 fully saturated rings. The highest BCUT2D eigenvalue weighted by Crippen LogP contribution is 2.25. The van der Waals surface area contributed by atoms with E-state index in [-0.39, 0.29) is 11.9 Å². The maximum atomic E-state index is 12.1. The van der Waals surface area contributed by atoms with E-state index >= 15 is 0 Å². The topological polar surface area (TPSA) is 52.6 Å². The second-order valence-corrected chi connectivity index (χ2v) is 6.21. The van der Waals surface area contributed by atoms with Crippen LogP contribution in [0.3, 0.4) is 0 Å². The number of amides is 1. The number of phenolic OH excluding ortho intramolecular Hbond substituents is 1. The minimum absolute atomic E-state index is 0.0525. The van der Waals surface area contributed by atoms with Gasteiger partial charge in [0.25, 0.3) is 0 Å². The summed E-state index contributed by atoms with van der Waals surface area (Å²) in [6.07, 6.45) is 7.34. The molecule has 0 radical (unpaired) electrons. The van der Waals surface area contributed by atoms with Gasteiger partial charge in [0.2, 0.25) is 5.91 Å². The van der Waals surface area contributed by atoms with Gasteiger partial charge in [0.05, 0.1) is 0 Å². The van der Waals surface area contributed by atoms with E-state index in [0.717, 1.165) is 24.1 Å². The molecular weight excluding hydrogens is 300 g/mol. The second kappa shape index (κ2) is 8.50. The fraction of sp³-hybridized carbons (Fsp3) is 0.350. The van der Waals surface area contributed by atoms with Crippen LogP contribution in [0.4, 0.5) is 0 Å². The normalized spacial score (nSPS) is 17.9. The van der Waals surface area contributed by atoms with Crippen LogP contribution >= 0.6 is 0 Å². The number of allylic oxidation sites excluding steroid dienone is 4. The second-order valence-electron chi connectivity index (χ2n) is 6.21. The molecule has 0 spiro atoms. The Bertz CT molecular complexity index is 649. The zero-order valence-electron chi connectivity index (χ0n) is 14.3. The third-order valence-corrected chi connectivity index (χ3v) is 4.46. The van der Waals surface area contributed by atoms with Crippen LogP contribution in [0, 0.1) is 0 Å². The van der Waals surface area contributed by atoms with Crippen LogP contribution in [0.25, 0.3) is 0 Å². The quantitative estimate of drug-likeness (QED) is 0.758. The van der Waals surface area contributed by atoms with E-state index in [4.69, 9.17) is 0 Å². The molecule has 4 heteroatoms. The number of phenols is 1. The number of nitrogens with zero attached hydrogens (tertiary/aromatic N) is 1. The summed E-state index contributed by atoms with van der Waals surface area (Å²) in [5, 5.41) is 12.6. The summed E-state index contributed by atoms with van der Waals surface area (Å²) in [7, 11) is 2.05. The van der Waals surface area contributed by atoms with E-state index in [1.54, 1.807) is 18.2 Å². The van der Waals surface area contributed by atoms with Crippen LogP contribution in [-0.4, -0.2) is 35.5 Å². The average molecular weight is 326 g/mol. The number of benzene rings is 1. The molecule has 1 aliphatic heterocycles. The van der Waals surface area contributed by atoms with Gasteiger partial charge in [0.15, 0.2) is 0 Å². The lowest BCUT2D eigenvalue weighted by Gasteiger charge is -2.34. The summed E-state index contributed by atoms with van der Waals surface area (Å²) >= 11 is 0. The van der Waals surface area contributed by atoms with Gasteiger partial charge in [-0.1, -0.05) is 37.5 Å². The average Bonchev–Trinajstić information content (AvgIpc) is 2.56. The Morgan fingerprint density at radius 1 is 1.38 bits per heavy atom. The molecule has 1 aromatic carbocycles. The Balaban J connectivity index is 1.84. The molecule has 1 amide bonds. The third-order valence-electron chi connectivity index (χ3n) is 4.46. The summed E-state index contributed by atoms with van der Waals surface area (Å²) in [4.78, 5) is 14.3. The number of carbonyl (C=O) groups excluding carboxylic acids is 1. The summed E-state index contributed by atoms with van der Waals surface area (Å²) in [6, 6.07) is 5.79. The smallest absolute Gasteiger partial charge is 0.220 e. The molecule has 1 aliphatic rings. The number of rotatable bonds is 7. The Morgan fingerprint density at radius 2 is 2.17 bits per heavy atom. The van der Waals surface area contributed by atoms with Gasteiger partial charge < -0.3 is 10.4 Å². The monoisotopic (exact) mass is 326 g/mol. The van der Waals surface area contributed by atoms with Gasteiger partial charge in [-0.15, -0.1) is 0 Å². The Morgan fingerprint density at radius 3 is 2.88 bits per heavy atom. The number of hydrogen-bond acceptors (Lipinski definition) is 3. The van der Waals surface area contributed by atoms with Crippen molar-refractivity contribution in [3.8, 4) is 5.75 Å². The standard InChI is InChI=1S/C20H26N2O2/c1-4-6-15(5-2)7-10-20(24)21-13-18-11-16-8-9-19(23)12-17(16)14-22(18)3/h4-6,8-9,12,18,23H,1-2,7,10-11,13-14H2,3H3,(H,21,24)/b15-6+. The van der Waals surface area contributed by atoms with E-state index in [2.05, 4.69) is 23.4 Å². The first kappa shape index (κ1) is 18.0. The van der Waals surface area contributed by atoms with Crippen LogP contribution in [0.15, 0.2) is 55.2 Å². The minimum atomic E-state index is 0.0525. The number of nitrogens with one attached hydrogen (secondary N) is 1. The molecule has 0 bridgehead atoms. The van der Waals surface area contributed by atoms with Gasteiger partial charge in [-0.2, -0.15) is 0 Å². The maximum absolute atomic E-state index is 12.1. The SMILES string of the molecule is C=C/C=C(\C=C)CCC(=O)NCC1Cc2ccc(O)cc2CN1C. The minimum Gasteiger partial charge on any atom is -0.508 e. The molecule has 0 saturated heterocycles. The van der Waals surface area contributed by atoms with Crippen LogP contribution in [-0.2, 0) is 17.8 Å². The number of fused-ring (bicyclic) bond motifs is 1. The predicted molar refractivity (Wildman–Crippen MR) is 97.8 cm³/mol. The van der Waals surface area contributed by atoms with Crippen LogP contribution in [0.1, 0.15) is 24.0 Å². The zero-order chi connectivity index (χ0) is 17.5.